The minimum Gasteiger partial charge on any atom is -0.478 e. The summed E-state index contributed by atoms with van der Waals surface area (Å²) in [6.07, 6.45) is 5.43. The predicted octanol–water partition coefficient (Wildman–Crippen LogP) is 2.77. The summed E-state index contributed by atoms with van der Waals surface area (Å²) in [5.74, 6) is 7.63. The summed E-state index contributed by atoms with van der Waals surface area (Å²) in [7, 11) is 0. The topological polar surface area (TPSA) is 63.1 Å². The van der Waals surface area contributed by atoms with E-state index in [1.54, 1.807) is 18.2 Å². The number of fused-ring (bicyclic) bond motifs is 1. The molecule has 0 radical (unpaired) electrons. The third-order valence-electron chi connectivity index (χ3n) is 3.04. The average Bonchev–Trinajstić information content (AvgIpc) is 3.03. The van der Waals surface area contributed by atoms with E-state index in [0.29, 0.717) is 16.6 Å². The summed E-state index contributed by atoms with van der Waals surface area (Å²) < 4.78 is 8.42. The van der Waals surface area contributed by atoms with E-state index in [-0.39, 0.29) is 5.56 Å². The van der Waals surface area contributed by atoms with Crippen molar-refractivity contribution in [3.63, 3.8) is 0 Å². The maximum absolute atomic E-state index is 10.8. The number of benzene rings is 2. The second kappa shape index (κ2) is 5.69. The molecular formula is C17H8N2O2S. The Morgan fingerprint density at radius 1 is 1.00 bits per heavy atom. The van der Waals surface area contributed by atoms with E-state index in [1.807, 2.05) is 6.07 Å². The van der Waals surface area contributed by atoms with E-state index in [0.717, 1.165) is 22.9 Å². The van der Waals surface area contributed by atoms with Crippen LogP contribution >= 0.6 is 11.7 Å². The quantitative estimate of drug-likeness (QED) is 0.702. The second-order valence-electron chi connectivity index (χ2n) is 4.40. The van der Waals surface area contributed by atoms with Crippen LogP contribution in [-0.4, -0.2) is 19.8 Å². The molecule has 4 nitrogen and oxygen atoms in total. The number of aromatic nitrogens is 2. The van der Waals surface area contributed by atoms with Crippen molar-refractivity contribution in [1.82, 2.24) is 8.75 Å². The number of aromatic carboxylic acids is 1. The molecule has 2 aromatic carbocycles. The smallest absolute Gasteiger partial charge is 0.335 e. The van der Waals surface area contributed by atoms with Gasteiger partial charge in [0.1, 0.15) is 11.0 Å². The molecular weight excluding hydrogens is 296 g/mol. The number of carboxylic acids is 1. The maximum Gasteiger partial charge on any atom is 0.335 e. The molecule has 0 saturated heterocycles. The highest BCUT2D eigenvalue weighted by molar-refractivity contribution is 7.00. The Hall–Kier alpha value is -3.15. The summed E-state index contributed by atoms with van der Waals surface area (Å²) >= 11 is 1.09. The van der Waals surface area contributed by atoms with Crippen molar-refractivity contribution < 1.29 is 9.90 Å². The van der Waals surface area contributed by atoms with Crippen LogP contribution in [0.5, 0.6) is 0 Å². The Balaban J connectivity index is 1.99. The fourth-order valence-corrected chi connectivity index (χ4v) is 2.49. The van der Waals surface area contributed by atoms with Gasteiger partial charge in [-0.05, 0) is 36.4 Å². The van der Waals surface area contributed by atoms with Crippen LogP contribution in [0, 0.1) is 24.2 Å². The highest BCUT2D eigenvalue weighted by Crippen LogP contribution is 2.20. The number of hydrogen-bond donors (Lipinski definition) is 1. The molecule has 5 heteroatoms. The van der Waals surface area contributed by atoms with Gasteiger partial charge in [0.15, 0.2) is 0 Å². The van der Waals surface area contributed by atoms with Gasteiger partial charge in [-0.15, -0.1) is 6.42 Å². The van der Waals surface area contributed by atoms with Gasteiger partial charge in [0.2, 0.25) is 0 Å². The predicted molar refractivity (Wildman–Crippen MR) is 84.7 cm³/mol. The lowest BCUT2D eigenvalue weighted by molar-refractivity contribution is 0.0697. The largest absolute Gasteiger partial charge is 0.478 e. The zero-order chi connectivity index (χ0) is 15.5. The summed E-state index contributed by atoms with van der Waals surface area (Å²) in [4.78, 5) is 10.8. The number of carbonyl (C=O) groups is 1. The number of terminal acetylenes is 1. The first kappa shape index (κ1) is 13.8. The molecule has 104 valence electrons. The molecule has 1 aromatic heterocycles. The maximum atomic E-state index is 10.8. The van der Waals surface area contributed by atoms with Crippen molar-refractivity contribution in [2.45, 2.75) is 0 Å². The number of hydrogen-bond acceptors (Lipinski definition) is 4. The Labute approximate surface area is 130 Å². The lowest BCUT2D eigenvalue weighted by Gasteiger charge is -1.96. The first-order valence-corrected chi connectivity index (χ1v) is 6.99. The Bertz CT molecular complexity index is 970. The normalized spacial score (nSPS) is 9.77. The molecule has 0 bridgehead atoms. The third-order valence-corrected chi connectivity index (χ3v) is 3.57. The minimum atomic E-state index is -0.959. The van der Waals surface area contributed by atoms with Gasteiger partial charge in [-0.25, -0.2) is 4.79 Å². The van der Waals surface area contributed by atoms with Crippen LogP contribution in [0.15, 0.2) is 36.4 Å². The van der Waals surface area contributed by atoms with Crippen LogP contribution in [0.1, 0.15) is 27.0 Å². The van der Waals surface area contributed by atoms with Crippen LogP contribution in [0.3, 0.4) is 0 Å². The van der Waals surface area contributed by atoms with Crippen molar-refractivity contribution in [2.24, 2.45) is 0 Å². The monoisotopic (exact) mass is 304 g/mol. The molecule has 0 aliphatic carbocycles. The molecule has 0 aliphatic heterocycles. The van der Waals surface area contributed by atoms with E-state index < -0.39 is 5.97 Å². The fourth-order valence-electron chi connectivity index (χ4n) is 1.92. The molecule has 3 aromatic rings. The zero-order valence-corrected chi connectivity index (χ0v) is 12.0. The minimum absolute atomic E-state index is 0.231. The summed E-state index contributed by atoms with van der Waals surface area (Å²) in [6.45, 7) is 0. The molecule has 3 rings (SSSR count). The molecule has 0 spiro atoms. The molecule has 1 heterocycles. The van der Waals surface area contributed by atoms with E-state index in [2.05, 4.69) is 26.5 Å². The number of nitrogens with zero attached hydrogens (tertiary/aromatic N) is 2. The Morgan fingerprint density at radius 2 is 1.64 bits per heavy atom. The van der Waals surface area contributed by atoms with Crippen LogP contribution in [0.25, 0.3) is 11.0 Å². The molecule has 0 aliphatic rings. The SMILES string of the molecule is C#Cc1ccc(C#Cc2ccc(C(=O)O)cc2)c2nsnc12. The first-order chi connectivity index (χ1) is 10.7. The van der Waals surface area contributed by atoms with Gasteiger partial charge in [0.25, 0.3) is 0 Å². The Kier molecular flexibility index (Phi) is 3.57. The van der Waals surface area contributed by atoms with E-state index in [1.165, 1.54) is 12.1 Å². The van der Waals surface area contributed by atoms with E-state index >= 15 is 0 Å². The number of carboxylic acid groups (broad SMARTS) is 1. The van der Waals surface area contributed by atoms with Crippen LogP contribution in [-0.2, 0) is 0 Å². The highest BCUT2D eigenvalue weighted by Gasteiger charge is 2.07. The molecule has 0 amide bonds. The van der Waals surface area contributed by atoms with E-state index in [4.69, 9.17) is 11.5 Å². The Morgan fingerprint density at radius 3 is 2.27 bits per heavy atom. The lowest BCUT2D eigenvalue weighted by Crippen LogP contribution is -1.94. The zero-order valence-electron chi connectivity index (χ0n) is 11.2. The van der Waals surface area contributed by atoms with Gasteiger partial charge in [-0.2, -0.15) is 8.75 Å². The van der Waals surface area contributed by atoms with Crippen molar-refractivity contribution in [3.05, 3.63) is 58.7 Å². The van der Waals surface area contributed by atoms with Crippen molar-refractivity contribution in [3.8, 4) is 24.2 Å². The van der Waals surface area contributed by atoms with Gasteiger partial charge >= 0.3 is 5.97 Å². The standard InChI is InChI=1S/C17H8N2O2S/c1-2-12-9-10-13(16-15(12)18-22-19-16)6-3-11-4-7-14(8-5-11)17(20)21/h1,4-5,7-10H,(H,20,21). The first-order valence-electron chi connectivity index (χ1n) is 6.26. The van der Waals surface area contributed by atoms with Crippen molar-refractivity contribution in [1.29, 1.82) is 0 Å². The average molecular weight is 304 g/mol. The number of rotatable bonds is 1. The molecule has 22 heavy (non-hydrogen) atoms. The van der Waals surface area contributed by atoms with Crippen molar-refractivity contribution >= 4 is 28.7 Å². The third kappa shape index (κ3) is 2.54. The molecule has 0 atom stereocenters. The lowest BCUT2D eigenvalue weighted by atomic mass is 10.1. The van der Waals surface area contributed by atoms with Crippen LogP contribution < -0.4 is 0 Å². The second-order valence-corrected chi connectivity index (χ2v) is 4.93. The fraction of sp³-hybridized carbons (Fsp3) is 0. The van der Waals surface area contributed by atoms with Gasteiger partial charge in [0.05, 0.1) is 28.4 Å². The van der Waals surface area contributed by atoms with Gasteiger partial charge < -0.3 is 5.11 Å². The molecule has 0 unspecified atom stereocenters. The van der Waals surface area contributed by atoms with Gasteiger partial charge in [-0.3, -0.25) is 0 Å². The molecule has 1 N–H and O–H groups in total. The molecule has 0 fully saturated rings. The van der Waals surface area contributed by atoms with Crippen LogP contribution in [0.2, 0.25) is 0 Å². The van der Waals surface area contributed by atoms with Gasteiger partial charge in [0, 0.05) is 5.56 Å². The molecule has 0 saturated carbocycles. The van der Waals surface area contributed by atoms with Crippen LogP contribution in [0.4, 0.5) is 0 Å². The summed E-state index contributed by atoms with van der Waals surface area (Å²) in [6, 6.07) is 9.99. The summed E-state index contributed by atoms with van der Waals surface area (Å²) in [5, 5.41) is 8.86. The van der Waals surface area contributed by atoms with Gasteiger partial charge in [-0.1, -0.05) is 17.8 Å². The summed E-state index contributed by atoms with van der Waals surface area (Å²) in [5.41, 5.74) is 3.76. The van der Waals surface area contributed by atoms with E-state index in [9.17, 15) is 4.79 Å². The highest BCUT2D eigenvalue weighted by atomic mass is 32.1. The van der Waals surface area contributed by atoms with Crippen molar-refractivity contribution in [2.75, 3.05) is 0 Å².